The molecule has 0 aliphatic carbocycles. The van der Waals surface area contributed by atoms with Gasteiger partial charge in [0.15, 0.2) is 0 Å². The summed E-state index contributed by atoms with van der Waals surface area (Å²) in [5.74, 6) is -0.597. The van der Waals surface area contributed by atoms with Crippen LogP contribution in [-0.4, -0.2) is 36.3 Å². The van der Waals surface area contributed by atoms with Crippen LogP contribution in [0.5, 0.6) is 0 Å². The summed E-state index contributed by atoms with van der Waals surface area (Å²) >= 11 is 0. The fourth-order valence-corrected chi connectivity index (χ4v) is 2.46. The third-order valence-electron chi connectivity index (χ3n) is 3.39. The second-order valence-electron chi connectivity index (χ2n) is 6.37. The molecule has 2 unspecified atom stereocenters. The molecule has 0 bridgehead atoms. The van der Waals surface area contributed by atoms with Crippen LogP contribution in [0.1, 0.15) is 33.6 Å². The Bertz CT molecular complexity index is 323. The number of primary amides is 1. The molecular weight excluding hydrogens is 230 g/mol. The van der Waals surface area contributed by atoms with E-state index in [1.54, 1.807) is 4.90 Å². The number of likely N-dealkylation sites (tertiary alicyclic amines) is 1. The van der Waals surface area contributed by atoms with E-state index in [0.29, 0.717) is 26.1 Å². The summed E-state index contributed by atoms with van der Waals surface area (Å²) in [6.45, 7) is 7.72. The molecule has 1 fully saturated rings. The van der Waals surface area contributed by atoms with Crippen LogP contribution in [0, 0.1) is 17.3 Å². The first-order valence-electron chi connectivity index (χ1n) is 6.53. The number of nitrogens with two attached hydrogens (primary N) is 2. The van der Waals surface area contributed by atoms with Gasteiger partial charge in [-0.25, -0.2) is 0 Å². The normalized spacial score (nSPS) is 22.0. The number of nitrogens with zero attached hydrogens (tertiary/aromatic N) is 1. The van der Waals surface area contributed by atoms with Gasteiger partial charge >= 0.3 is 0 Å². The predicted octanol–water partition coefficient (Wildman–Crippen LogP) is 0.331. The van der Waals surface area contributed by atoms with Gasteiger partial charge in [-0.1, -0.05) is 20.8 Å². The van der Waals surface area contributed by atoms with Gasteiger partial charge in [0.1, 0.15) is 0 Å². The molecule has 1 heterocycles. The summed E-state index contributed by atoms with van der Waals surface area (Å²) < 4.78 is 0. The van der Waals surface area contributed by atoms with Crippen molar-refractivity contribution in [3.05, 3.63) is 0 Å². The molecule has 1 aliphatic rings. The van der Waals surface area contributed by atoms with Crippen LogP contribution in [0.3, 0.4) is 0 Å². The van der Waals surface area contributed by atoms with Crippen molar-refractivity contribution in [2.45, 2.75) is 33.6 Å². The van der Waals surface area contributed by atoms with Crippen molar-refractivity contribution in [3.8, 4) is 0 Å². The minimum absolute atomic E-state index is 0.0659. The minimum Gasteiger partial charge on any atom is -0.369 e. The predicted molar refractivity (Wildman–Crippen MR) is 70.5 cm³/mol. The van der Waals surface area contributed by atoms with Crippen molar-refractivity contribution in [3.63, 3.8) is 0 Å². The van der Waals surface area contributed by atoms with Gasteiger partial charge in [-0.15, -0.1) is 0 Å². The van der Waals surface area contributed by atoms with Gasteiger partial charge in [-0.2, -0.15) is 0 Å². The van der Waals surface area contributed by atoms with Crippen LogP contribution in [0.2, 0.25) is 0 Å². The molecule has 0 spiro atoms. The maximum absolute atomic E-state index is 12.3. The number of hydrogen-bond acceptors (Lipinski definition) is 3. The highest BCUT2D eigenvalue weighted by Crippen LogP contribution is 2.27. The second kappa shape index (κ2) is 5.69. The first-order chi connectivity index (χ1) is 8.24. The van der Waals surface area contributed by atoms with Crippen LogP contribution in [0.25, 0.3) is 0 Å². The number of amides is 2. The quantitative estimate of drug-likeness (QED) is 0.758. The van der Waals surface area contributed by atoms with Gasteiger partial charge in [-0.3, -0.25) is 9.59 Å². The Morgan fingerprint density at radius 2 is 2.00 bits per heavy atom. The van der Waals surface area contributed by atoms with Crippen molar-refractivity contribution in [2.75, 3.05) is 19.6 Å². The first kappa shape index (κ1) is 15.0. The van der Waals surface area contributed by atoms with E-state index in [0.717, 1.165) is 6.42 Å². The second-order valence-corrected chi connectivity index (χ2v) is 6.37. The van der Waals surface area contributed by atoms with Gasteiger partial charge < -0.3 is 16.4 Å². The molecule has 2 atom stereocenters. The number of hydrogen-bond donors (Lipinski definition) is 2. The maximum Gasteiger partial charge on any atom is 0.226 e. The van der Waals surface area contributed by atoms with E-state index in [2.05, 4.69) is 20.8 Å². The molecule has 1 rings (SSSR count). The lowest BCUT2D eigenvalue weighted by molar-refractivity contribution is -0.135. The highest BCUT2D eigenvalue weighted by atomic mass is 16.2. The molecule has 4 N–H and O–H groups in total. The summed E-state index contributed by atoms with van der Waals surface area (Å²) in [6, 6.07) is 0. The Kier molecular flexibility index (Phi) is 4.73. The molecule has 5 nitrogen and oxygen atoms in total. The summed E-state index contributed by atoms with van der Waals surface area (Å²) in [4.78, 5) is 25.1. The van der Waals surface area contributed by atoms with E-state index < -0.39 is 0 Å². The SMILES string of the molecule is CC(C)(C)CC(CN)C(=O)N1CCC(C(N)=O)C1. The van der Waals surface area contributed by atoms with Gasteiger partial charge in [0.25, 0.3) is 0 Å². The third kappa shape index (κ3) is 3.98. The Balaban J connectivity index is 2.60. The van der Waals surface area contributed by atoms with Gasteiger partial charge in [-0.05, 0) is 18.3 Å². The van der Waals surface area contributed by atoms with Gasteiger partial charge in [0.2, 0.25) is 11.8 Å². The third-order valence-corrected chi connectivity index (χ3v) is 3.39. The molecule has 2 amide bonds. The summed E-state index contributed by atoms with van der Waals surface area (Å²) in [5.41, 5.74) is 11.0. The molecule has 0 aromatic heterocycles. The fourth-order valence-electron chi connectivity index (χ4n) is 2.46. The first-order valence-corrected chi connectivity index (χ1v) is 6.53. The zero-order valence-electron chi connectivity index (χ0n) is 11.6. The van der Waals surface area contributed by atoms with Crippen molar-refractivity contribution in [1.29, 1.82) is 0 Å². The highest BCUT2D eigenvalue weighted by molar-refractivity contribution is 5.82. The van der Waals surface area contributed by atoms with Crippen LogP contribution in [0.15, 0.2) is 0 Å². The average Bonchev–Trinajstić information content (AvgIpc) is 2.72. The minimum atomic E-state index is -0.314. The van der Waals surface area contributed by atoms with E-state index >= 15 is 0 Å². The number of rotatable bonds is 4. The highest BCUT2D eigenvalue weighted by Gasteiger charge is 2.34. The Labute approximate surface area is 109 Å². The smallest absolute Gasteiger partial charge is 0.226 e. The van der Waals surface area contributed by atoms with E-state index in [4.69, 9.17) is 11.5 Å². The lowest BCUT2D eigenvalue weighted by Gasteiger charge is -2.28. The maximum atomic E-state index is 12.3. The summed E-state index contributed by atoms with van der Waals surface area (Å²) in [6.07, 6.45) is 1.44. The van der Waals surface area contributed by atoms with E-state index in [1.165, 1.54) is 0 Å². The Morgan fingerprint density at radius 3 is 2.39 bits per heavy atom. The molecule has 1 saturated heterocycles. The van der Waals surface area contributed by atoms with E-state index in [1.807, 2.05) is 0 Å². The van der Waals surface area contributed by atoms with Gasteiger partial charge in [0.05, 0.1) is 11.8 Å². The van der Waals surface area contributed by atoms with Crippen molar-refractivity contribution < 1.29 is 9.59 Å². The molecule has 0 aromatic rings. The zero-order chi connectivity index (χ0) is 13.9. The van der Waals surface area contributed by atoms with Crippen LogP contribution in [-0.2, 0) is 9.59 Å². The van der Waals surface area contributed by atoms with Crippen LogP contribution in [0.4, 0.5) is 0 Å². The monoisotopic (exact) mass is 255 g/mol. The lowest BCUT2D eigenvalue weighted by Crippen LogP contribution is -2.40. The average molecular weight is 255 g/mol. The van der Waals surface area contributed by atoms with E-state index in [9.17, 15) is 9.59 Å². The Hall–Kier alpha value is -1.10. The molecule has 104 valence electrons. The van der Waals surface area contributed by atoms with Crippen molar-refractivity contribution in [2.24, 2.45) is 28.7 Å². The van der Waals surface area contributed by atoms with E-state index in [-0.39, 0.29) is 29.1 Å². The topological polar surface area (TPSA) is 89.4 Å². The molecule has 18 heavy (non-hydrogen) atoms. The number of carbonyl (C=O) groups excluding carboxylic acids is 2. The lowest BCUT2D eigenvalue weighted by atomic mass is 9.84. The molecule has 0 radical (unpaired) electrons. The fraction of sp³-hybridized carbons (Fsp3) is 0.846. The van der Waals surface area contributed by atoms with Crippen LogP contribution < -0.4 is 11.5 Å². The standard InChI is InChI=1S/C13H25N3O2/c1-13(2,3)6-10(7-14)12(18)16-5-4-9(8-16)11(15)17/h9-10H,4-8,14H2,1-3H3,(H2,15,17). The summed E-state index contributed by atoms with van der Waals surface area (Å²) in [5, 5.41) is 0. The molecule has 0 aromatic carbocycles. The number of carbonyl (C=O) groups is 2. The van der Waals surface area contributed by atoms with Crippen molar-refractivity contribution >= 4 is 11.8 Å². The molecular formula is C13H25N3O2. The van der Waals surface area contributed by atoms with Crippen LogP contribution >= 0.6 is 0 Å². The van der Waals surface area contributed by atoms with Gasteiger partial charge in [0, 0.05) is 19.6 Å². The Morgan fingerprint density at radius 1 is 1.39 bits per heavy atom. The summed E-state index contributed by atoms with van der Waals surface area (Å²) in [7, 11) is 0. The molecule has 1 aliphatic heterocycles. The largest absolute Gasteiger partial charge is 0.369 e. The molecule has 0 saturated carbocycles. The zero-order valence-corrected chi connectivity index (χ0v) is 11.6. The van der Waals surface area contributed by atoms with Crippen molar-refractivity contribution in [1.82, 2.24) is 4.90 Å². The molecule has 5 heteroatoms.